The van der Waals surface area contributed by atoms with Crippen LogP contribution in [0.4, 0.5) is 19.1 Å². The van der Waals surface area contributed by atoms with Gasteiger partial charge in [0.15, 0.2) is 0 Å². The summed E-state index contributed by atoms with van der Waals surface area (Å²) in [5.41, 5.74) is -3.44. The zero-order valence-corrected chi connectivity index (χ0v) is 17.4. The van der Waals surface area contributed by atoms with Crippen LogP contribution < -0.4 is 10.6 Å². The number of halogens is 5. The van der Waals surface area contributed by atoms with E-state index in [2.05, 4.69) is 9.97 Å². The Morgan fingerprint density at radius 3 is 2.48 bits per heavy atom. The number of carbonyl (C=O) groups is 2. The molecule has 1 aliphatic rings. The third-order valence-corrected chi connectivity index (χ3v) is 5.38. The molecule has 1 atom stereocenters. The predicted octanol–water partition coefficient (Wildman–Crippen LogP) is 2.46. The molecule has 0 aliphatic carbocycles. The number of benzene rings is 1. The molecule has 170 valence electrons. The van der Waals surface area contributed by atoms with Gasteiger partial charge in [0.05, 0.1) is 34.3 Å². The molecule has 1 fully saturated rings. The molecule has 9 nitrogen and oxygen atoms in total. The van der Waals surface area contributed by atoms with Gasteiger partial charge in [-0.1, -0.05) is 23.2 Å². The molecule has 3 rings (SSSR count). The van der Waals surface area contributed by atoms with E-state index in [0.29, 0.717) is 26.3 Å². The number of aromatic amines is 1. The molecule has 0 saturated carbocycles. The number of morpholine rings is 1. The number of carboxylic acid groups (broad SMARTS) is 1. The Kier molecular flexibility index (Phi) is 6.84. The van der Waals surface area contributed by atoms with Crippen LogP contribution in [0, 0.1) is 0 Å². The molecule has 1 amide bonds. The number of carbonyl (C=O) groups excluding carboxylic acids is 1. The highest BCUT2D eigenvalue weighted by Gasteiger charge is 2.63. The van der Waals surface area contributed by atoms with Crippen molar-refractivity contribution in [2.24, 2.45) is 0 Å². The summed E-state index contributed by atoms with van der Waals surface area (Å²) >= 11 is 11.7. The number of hydrogen-bond acceptors (Lipinski definition) is 6. The first-order valence-corrected chi connectivity index (χ1v) is 9.81. The van der Waals surface area contributed by atoms with Crippen molar-refractivity contribution >= 4 is 52.1 Å². The van der Waals surface area contributed by atoms with Gasteiger partial charge in [-0.25, -0.2) is 9.78 Å². The Balaban J connectivity index is 1.83. The summed E-state index contributed by atoms with van der Waals surface area (Å²) in [5.74, 6) is -3.99. The van der Waals surface area contributed by atoms with Gasteiger partial charge >= 0.3 is 17.8 Å². The summed E-state index contributed by atoms with van der Waals surface area (Å²) in [4.78, 5) is 32.2. The van der Waals surface area contributed by atoms with Crippen molar-refractivity contribution in [1.82, 2.24) is 20.2 Å². The smallest absolute Gasteiger partial charge is 0.442 e. The van der Waals surface area contributed by atoms with Crippen molar-refractivity contribution < 1.29 is 32.6 Å². The van der Waals surface area contributed by atoms with Crippen LogP contribution >= 0.6 is 23.2 Å². The normalized spacial score (nSPS) is 17.3. The largest absolute Gasteiger partial charge is 0.478 e. The van der Waals surface area contributed by atoms with Gasteiger partial charge in [-0.15, -0.1) is 0 Å². The maximum Gasteiger partial charge on any atom is 0.442 e. The summed E-state index contributed by atoms with van der Waals surface area (Å²) < 4.78 is 46.8. The number of H-pyrrole nitrogens is 1. The number of nitrogens with one attached hydrogen (secondary N) is 3. The van der Waals surface area contributed by atoms with Crippen molar-refractivity contribution in [2.45, 2.75) is 18.3 Å². The fourth-order valence-electron chi connectivity index (χ4n) is 3.00. The van der Waals surface area contributed by atoms with Gasteiger partial charge in [0.25, 0.3) is 0 Å². The molecule has 1 unspecified atom stereocenters. The molecule has 1 aliphatic heterocycles. The Hall–Kier alpha value is -2.28. The first-order valence-electron chi connectivity index (χ1n) is 9.06. The molecular formula is C17H18Cl2F3N5O4. The maximum absolute atomic E-state index is 13.9. The number of aromatic nitrogens is 2. The fourth-order valence-corrected chi connectivity index (χ4v) is 3.32. The van der Waals surface area contributed by atoms with Crippen LogP contribution in [-0.2, 0) is 14.3 Å². The Morgan fingerprint density at radius 2 is 1.87 bits per heavy atom. The molecule has 1 saturated heterocycles. The van der Waals surface area contributed by atoms with Crippen LogP contribution in [0.15, 0.2) is 12.1 Å². The van der Waals surface area contributed by atoms with Crippen LogP contribution in [0.5, 0.6) is 0 Å². The molecule has 2 heterocycles. The molecule has 0 spiro atoms. The topological polar surface area (TPSA) is 120 Å². The first kappa shape index (κ1) is 23.4. The van der Waals surface area contributed by atoms with E-state index in [1.165, 1.54) is 12.1 Å². The van der Waals surface area contributed by atoms with Gasteiger partial charge in [-0.05, 0) is 12.1 Å². The number of fused-ring (bicyclic) bond motifs is 1. The number of ether oxygens (including phenoxy) is 1. The van der Waals surface area contributed by atoms with Crippen molar-refractivity contribution in [3.8, 4) is 0 Å². The SMILES string of the molecule is O=C(CCN1CCOCC1)NC(Nc1nc2cc(Cl)c(Cl)cc2[nH]1)(C(=O)O)C(F)(F)F. The molecule has 2 aromatic rings. The van der Waals surface area contributed by atoms with Gasteiger partial charge in [0.2, 0.25) is 11.9 Å². The lowest BCUT2D eigenvalue weighted by Gasteiger charge is -2.33. The summed E-state index contributed by atoms with van der Waals surface area (Å²) in [6.45, 7) is 2.11. The van der Waals surface area contributed by atoms with E-state index >= 15 is 0 Å². The van der Waals surface area contributed by atoms with E-state index in [1.807, 2.05) is 4.90 Å². The summed E-state index contributed by atoms with van der Waals surface area (Å²) in [7, 11) is 0. The van der Waals surface area contributed by atoms with Crippen molar-refractivity contribution in [3.05, 3.63) is 22.2 Å². The average molecular weight is 484 g/mol. The predicted molar refractivity (Wildman–Crippen MR) is 106 cm³/mol. The van der Waals surface area contributed by atoms with Gasteiger partial charge in [0, 0.05) is 26.1 Å². The average Bonchev–Trinajstić information content (AvgIpc) is 3.06. The van der Waals surface area contributed by atoms with Crippen LogP contribution in [0.1, 0.15) is 6.42 Å². The van der Waals surface area contributed by atoms with Gasteiger partial charge in [-0.3, -0.25) is 9.69 Å². The van der Waals surface area contributed by atoms with Crippen LogP contribution in [0.2, 0.25) is 10.0 Å². The minimum absolute atomic E-state index is 0.115. The number of nitrogens with zero attached hydrogens (tertiary/aromatic N) is 2. The lowest BCUT2D eigenvalue weighted by atomic mass is 10.1. The highest BCUT2D eigenvalue weighted by molar-refractivity contribution is 6.42. The standard InChI is InChI=1S/C17H18Cl2F3N5O4/c18-9-7-11-12(8-10(9)19)24-15(23-11)26-16(14(29)30,17(20,21)22)25-13(28)1-2-27-3-5-31-6-4-27/h7-8H,1-6H2,(H,25,28)(H,29,30)(H2,23,24,26). The third-order valence-electron chi connectivity index (χ3n) is 4.66. The van der Waals surface area contributed by atoms with Crippen LogP contribution in [0.3, 0.4) is 0 Å². The zero-order chi connectivity index (χ0) is 22.8. The van der Waals surface area contributed by atoms with Crippen molar-refractivity contribution in [2.75, 3.05) is 38.2 Å². The molecular weight excluding hydrogens is 466 g/mol. The second kappa shape index (κ2) is 9.07. The monoisotopic (exact) mass is 483 g/mol. The molecule has 1 aromatic heterocycles. The number of alkyl halides is 3. The molecule has 1 aromatic carbocycles. The van der Waals surface area contributed by atoms with E-state index in [1.54, 1.807) is 10.6 Å². The Labute approximate surface area is 183 Å². The van der Waals surface area contributed by atoms with E-state index in [9.17, 15) is 27.9 Å². The lowest BCUT2D eigenvalue weighted by Crippen LogP contribution is -2.69. The highest BCUT2D eigenvalue weighted by Crippen LogP contribution is 2.33. The summed E-state index contributed by atoms with van der Waals surface area (Å²) in [6.07, 6.45) is -5.74. The number of aliphatic carboxylic acids is 1. The number of hydrogen-bond donors (Lipinski definition) is 4. The number of amides is 1. The maximum atomic E-state index is 13.9. The van der Waals surface area contributed by atoms with E-state index in [4.69, 9.17) is 27.9 Å². The first-order chi connectivity index (χ1) is 14.5. The summed E-state index contributed by atoms with van der Waals surface area (Å²) in [5, 5.41) is 13.0. The van der Waals surface area contributed by atoms with Gasteiger partial charge in [0.1, 0.15) is 0 Å². The van der Waals surface area contributed by atoms with Crippen molar-refractivity contribution in [1.29, 1.82) is 0 Å². The molecule has 0 bridgehead atoms. The second-order valence-corrected chi connectivity index (χ2v) is 7.61. The number of anilines is 1. The minimum atomic E-state index is -5.40. The Morgan fingerprint density at radius 1 is 1.23 bits per heavy atom. The number of carboxylic acids is 1. The highest BCUT2D eigenvalue weighted by atomic mass is 35.5. The lowest BCUT2D eigenvalue weighted by molar-refractivity contribution is -0.204. The molecule has 14 heteroatoms. The van der Waals surface area contributed by atoms with Gasteiger partial charge < -0.3 is 25.5 Å². The molecule has 4 N–H and O–H groups in total. The van der Waals surface area contributed by atoms with E-state index < -0.39 is 29.7 Å². The molecule has 0 radical (unpaired) electrons. The van der Waals surface area contributed by atoms with Crippen molar-refractivity contribution in [3.63, 3.8) is 0 Å². The summed E-state index contributed by atoms with van der Waals surface area (Å²) in [6, 6.07) is 2.63. The van der Waals surface area contributed by atoms with Gasteiger partial charge in [-0.2, -0.15) is 13.2 Å². The van der Waals surface area contributed by atoms with E-state index in [-0.39, 0.29) is 34.0 Å². The second-order valence-electron chi connectivity index (χ2n) is 6.80. The van der Waals surface area contributed by atoms with Crippen LogP contribution in [0.25, 0.3) is 11.0 Å². The Bertz CT molecular complexity index is 942. The quantitative estimate of drug-likeness (QED) is 0.446. The number of rotatable bonds is 7. The molecule has 31 heavy (non-hydrogen) atoms. The zero-order valence-electron chi connectivity index (χ0n) is 15.9. The third kappa shape index (κ3) is 5.14. The fraction of sp³-hybridized carbons (Fsp3) is 0.471. The van der Waals surface area contributed by atoms with Crippen LogP contribution in [-0.4, -0.2) is 76.5 Å². The number of imidazole rings is 1. The van der Waals surface area contributed by atoms with E-state index in [0.717, 1.165) is 0 Å². The minimum Gasteiger partial charge on any atom is -0.478 e.